The molecule has 2 unspecified atom stereocenters. The van der Waals surface area contributed by atoms with Crippen LogP contribution in [0.25, 0.3) is 10.6 Å². The van der Waals surface area contributed by atoms with Gasteiger partial charge in [0.05, 0.1) is 0 Å². The zero-order valence-electron chi connectivity index (χ0n) is 9.32. The van der Waals surface area contributed by atoms with Gasteiger partial charge in [-0.15, -0.1) is 12.1 Å². The Morgan fingerprint density at radius 2 is 1.15 bits per heavy atom. The predicted molar refractivity (Wildman–Crippen MR) is 56.0 cm³/mol. The fourth-order valence-electron chi connectivity index (χ4n) is 0.814. The molecule has 0 amide bonds. The molecule has 77 valence electrons. The van der Waals surface area contributed by atoms with Crippen molar-refractivity contribution in [2.45, 2.75) is 52.6 Å². The molecule has 0 aromatic rings. The van der Waals surface area contributed by atoms with E-state index in [0.29, 0.717) is 12.1 Å². The Labute approximate surface area is 95.1 Å². The average molecular weight is 221 g/mol. The topological polar surface area (TPSA) is 28.2 Å². The van der Waals surface area contributed by atoms with E-state index in [4.69, 9.17) is 0 Å². The third kappa shape index (κ3) is 10.4. The van der Waals surface area contributed by atoms with Crippen molar-refractivity contribution in [2.24, 2.45) is 0 Å². The summed E-state index contributed by atoms with van der Waals surface area (Å²) < 4.78 is 0. The fraction of sp³-hybridized carbons (Fsp3) is 1.00. The van der Waals surface area contributed by atoms with E-state index in [1.165, 1.54) is 0 Å². The van der Waals surface area contributed by atoms with E-state index in [2.05, 4.69) is 38.3 Å². The second-order valence-electron chi connectivity index (χ2n) is 3.33. The van der Waals surface area contributed by atoms with E-state index >= 15 is 0 Å². The number of rotatable bonds is 7. The molecule has 0 saturated carbocycles. The maximum atomic E-state index is 4.46. The summed E-state index contributed by atoms with van der Waals surface area (Å²) in [6.07, 6.45) is 2.28. The van der Waals surface area contributed by atoms with Crippen LogP contribution >= 0.6 is 0 Å². The van der Waals surface area contributed by atoms with Crippen molar-refractivity contribution in [3.05, 3.63) is 10.6 Å². The second kappa shape index (κ2) is 10.6. The molecule has 0 aliphatic heterocycles. The van der Waals surface area contributed by atoms with E-state index in [1.54, 1.807) is 0 Å². The van der Waals surface area contributed by atoms with Crippen LogP contribution in [0.3, 0.4) is 0 Å². The molecule has 0 aromatic heterocycles. The smallest absolute Gasteiger partial charge is 0.661 e. The first-order valence-electron chi connectivity index (χ1n) is 5.03. The fourth-order valence-corrected chi connectivity index (χ4v) is 0.814. The first-order chi connectivity index (χ1) is 5.70. The molecular weight excluding hydrogens is 199 g/mol. The van der Waals surface area contributed by atoms with Gasteiger partial charge in [-0.25, -0.2) is 0 Å². The molecule has 0 spiro atoms. The van der Waals surface area contributed by atoms with Gasteiger partial charge in [0.1, 0.15) is 0 Å². The van der Waals surface area contributed by atoms with Gasteiger partial charge in [0, 0.05) is 0 Å². The van der Waals surface area contributed by atoms with E-state index in [0.717, 1.165) is 25.9 Å². The Balaban J connectivity index is 0. The minimum atomic E-state index is 0. The zero-order valence-corrected chi connectivity index (χ0v) is 10.7. The molecule has 0 N–H and O–H groups in total. The van der Waals surface area contributed by atoms with Gasteiger partial charge >= 0.3 is 18.6 Å². The quantitative estimate of drug-likeness (QED) is 0.590. The van der Waals surface area contributed by atoms with E-state index in [1.807, 2.05) is 0 Å². The first-order valence-corrected chi connectivity index (χ1v) is 5.03. The van der Waals surface area contributed by atoms with Crippen molar-refractivity contribution < 1.29 is 18.6 Å². The second-order valence-corrected chi connectivity index (χ2v) is 3.33. The Kier molecular flexibility index (Phi) is 13.0. The van der Waals surface area contributed by atoms with Gasteiger partial charge in [-0.05, 0) is 0 Å². The molecule has 2 atom stereocenters. The number of nitrogens with zero attached hydrogens (tertiary/aromatic N) is 2. The molecule has 0 fully saturated rings. The van der Waals surface area contributed by atoms with Crippen molar-refractivity contribution in [3.63, 3.8) is 0 Å². The molecule has 3 heteroatoms. The molecule has 0 aromatic carbocycles. The maximum Gasteiger partial charge on any atom is 2.00 e. The van der Waals surface area contributed by atoms with Crippen molar-refractivity contribution in [1.29, 1.82) is 0 Å². The van der Waals surface area contributed by atoms with Crippen molar-refractivity contribution in [1.82, 2.24) is 0 Å². The van der Waals surface area contributed by atoms with Crippen molar-refractivity contribution in [3.8, 4) is 0 Å². The van der Waals surface area contributed by atoms with Crippen molar-refractivity contribution in [2.75, 3.05) is 13.1 Å². The third-order valence-electron chi connectivity index (χ3n) is 2.16. The molecule has 13 heavy (non-hydrogen) atoms. The van der Waals surface area contributed by atoms with Crippen LogP contribution in [0.15, 0.2) is 0 Å². The van der Waals surface area contributed by atoms with Gasteiger partial charge in [-0.1, -0.05) is 40.5 Å². The van der Waals surface area contributed by atoms with Gasteiger partial charge in [-0.3, -0.25) is 0 Å². The molecule has 2 nitrogen and oxygen atoms in total. The van der Waals surface area contributed by atoms with E-state index < -0.39 is 0 Å². The minimum Gasteiger partial charge on any atom is -0.661 e. The first kappa shape index (κ1) is 16.0. The van der Waals surface area contributed by atoms with Gasteiger partial charge in [0.25, 0.3) is 0 Å². The summed E-state index contributed by atoms with van der Waals surface area (Å²) in [5.74, 6) is 0. The van der Waals surface area contributed by atoms with Crippen LogP contribution in [-0.2, 0) is 18.6 Å². The van der Waals surface area contributed by atoms with Crippen molar-refractivity contribution >= 4 is 0 Å². The monoisotopic (exact) mass is 221 g/mol. The average Bonchev–Trinajstić information content (AvgIpc) is 2.11. The Morgan fingerprint density at radius 1 is 0.846 bits per heavy atom. The van der Waals surface area contributed by atoms with Crippen LogP contribution in [0.1, 0.15) is 40.5 Å². The Hall–Kier alpha value is 0.504. The van der Waals surface area contributed by atoms with E-state index in [9.17, 15) is 0 Å². The molecule has 0 aliphatic rings. The number of hydrogen-bond acceptors (Lipinski definition) is 0. The van der Waals surface area contributed by atoms with E-state index in [-0.39, 0.29) is 18.6 Å². The Morgan fingerprint density at radius 3 is 1.38 bits per heavy atom. The zero-order chi connectivity index (χ0) is 9.40. The number of hydrogen-bond donors (Lipinski definition) is 0. The summed E-state index contributed by atoms with van der Waals surface area (Å²) in [4.78, 5) is 0. The molecule has 0 rings (SSSR count). The third-order valence-corrected chi connectivity index (χ3v) is 2.16. The largest absolute Gasteiger partial charge is 2.00 e. The van der Waals surface area contributed by atoms with Crippen LogP contribution in [0, 0.1) is 0 Å². The summed E-state index contributed by atoms with van der Waals surface area (Å²) in [6, 6.07) is 1.02. The predicted octanol–water partition coefficient (Wildman–Crippen LogP) is 3.33. The molecule has 0 heterocycles. The standard InChI is InChI=1S/C10H22N2.V/c1-5-9(3)11-7-8-12-10(4)6-2;/h9-10H,5-8H2,1-4H3;/q-2;+2. The molecule has 0 saturated heterocycles. The summed E-state index contributed by atoms with van der Waals surface area (Å²) in [7, 11) is 0. The summed E-state index contributed by atoms with van der Waals surface area (Å²) in [6.45, 7) is 10.4. The minimum absolute atomic E-state index is 0. The van der Waals surface area contributed by atoms with Crippen LogP contribution in [0.2, 0.25) is 0 Å². The van der Waals surface area contributed by atoms with Crippen LogP contribution in [0.4, 0.5) is 0 Å². The van der Waals surface area contributed by atoms with Gasteiger partial charge in [0.2, 0.25) is 0 Å². The SMILES string of the molecule is CCC(C)[N-]CC[N-]C(C)CC.[V+2]. The summed E-state index contributed by atoms with van der Waals surface area (Å²) in [5, 5.41) is 8.91. The van der Waals surface area contributed by atoms with Gasteiger partial charge in [-0.2, -0.15) is 13.1 Å². The Bertz CT molecular complexity index is 86.9. The molecule has 1 radical (unpaired) electrons. The molecular formula is C10H22N2V. The normalized spacial score (nSPS) is 14.8. The maximum absolute atomic E-state index is 4.46. The van der Waals surface area contributed by atoms with Crippen LogP contribution in [-0.4, -0.2) is 25.2 Å². The molecule has 0 bridgehead atoms. The van der Waals surface area contributed by atoms with Gasteiger partial charge < -0.3 is 10.6 Å². The summed E-state index contributed by atoms with van der Waals surface area (Å²) in [5.41, 5.74) is 0. The van der Waals surface area contributed by atoms with Crippen LogP contribution in [0.5, 0.6) is 0 Å². The van der Waals surface area contributed by atoms with Gasteiger partial charge in [0.15, 0.2) is 0 Å². The summed E-state index contributed by atoms with van der Waals surface area (Å²) >= 11 is 0. The van der Waals surface area contributed by atoms with Crippen LogP contribution < -0.4 is 0 Å². The molecule has 0 aliphatic carbocycles.